The standard InChI is InChI=1S/C12H17NO2/c1-9(14)6-13-7-10-8-15-12-5-3-2-4-11(10)12/h2-5,9-10,13-14H,6-8H2,1H3. The Bertz CT molecular complexity index is 325. The van der Waals surface area contributed by atoms with Crippen LogP contribution in [0.3, 0.4) is 0 Å². The summed E-state index contributed by atoms with van der Waals surface area (Å²) in [5.74, 6) is 1.42. The van der Waals surface area contributed by atoms with Gasteiger partial charge in [0.05, 0.1) is 12.7 Å². The van der Waals surface area contributed by atoms with E-state index in [0.717, 1.165) is 18.9 Å². The van der Waals surface area contributed by atoms with Crippen molar-refractivity contribution in [3.63, 3.8) is 0 Å². The van der Waals surface area contributed by atoms with Crippen molar-refractivity contribution in [2.75, 3.05) is 19.7 Å². The van der Waals surface area contributed by atoms with Crippen molar-refractivity contribution in [1.82, 2.24) is 5.32 Å². The van der Waals surface area contributed by atoms with Gasteiger partial charge in [0, 0.05) is 24.6 Å². The van der Waals surface area contributed by atoms with Crippen LogP contribution >= 0.6 is 0 Å². The van der Waals surface area contributed by atoms with Gasteiger partial charge < -0.3 is 15.2 Å². The fourth-order valence-electron chi connectivity index (χ4n) is 1.86. The van der Waals surface area contributed by atoms with Gasteiger partial charge in [-0.1, -0.05) is 18.2 Å². The first-order valence-corrected chi connectivity index (χ1v) is 5.38. The van der Waals surface area contributed by atoms with Crippen molar-refractivity contribution in [3.8, 4) is 5.75 Å². The van der Waals surface area contributed by atoms with Crippen molar-refractivity contribution in [2.45, 2.75) is 18.9 Å². The molecule has 0 spiro atoms. The van der Waals surface area contributed by atoms with Crippen LogP contribution in [0.2, 0.25) is 0 Å². The van der Waals surface area contributed by atoms with Gasteiger partial charge in [0.1, 0.15) is 5.75 Å². The van der Waals surface area contributed by atoms with Crippen LogP contribution in [-0.2, 0) is 0 Å². The number of para-hydroxylation sites is 1. The van der Waals surface area contributed by atoms with Gasteiger partial charge >= 0.3 is 0 Å². The van der Waals surface area contributed by atoms with E-state index < -0.39 is 0 Å². The number of hydrogen-bond donors (Lipinski definition) is 2. The van der Waals surface area contributed by atoms with E-state index in [1.54, 1.807) is 6.92 Å². The second-order valence-corrected chi connectivity index (χ2v) is 4.05. The van der Waals surface area contributed by atoms with Crippen LogP contribution in [0.1, 0.15) is 18.4 Å². The summed E-state index contributed by atoms with van der Waals surface area (Å²) in [6, 6.07) is 8.14. The zero-order valence-electron chi connectivity index (χ0n) is 8.94. The van der Waals surface area contributed by atoms with E-state index in [-0.39, 0.29) is 6.10 Å². The first kappa shape index (κ1) is 10.5. The molecular formula is C12H17NO2. The summed E-state index contributed by atoms with van der Waals surface area (Å²) < 4.78 is 5.57. The van der Waals surface area contributed by atoms with Crippen molar-refractivity contribution in [3.05, 3.63) is 29.8 Å². The molecule has 1 aliphatic rings. The molecule has 0 saturated carbocycles. The maximum Gasteiger partial charge on any atom is 0.122 e. The molecule has 2 N–H and O–H groups in total. The molecule has 0 radical (unpaired) electrons. The van der Waals surface area contributed by atoms with Crippen molar-refractivity contribution in [2.24, 2.45) is 0 Å². The molecule has 2 unspecified atom stereocenters. The Hall–Kier alpha value is -1.06. The van der Waals surface area contributed by atoms with Crippen LogP contribution in [0, 0.1) is 0 Å². The lowest BCUT2D eigenvalue weighted by atomic mass is 10.0. The molecular weight excluding hydrogens is 190 g/mol. The summed E-state index contributed by atoms with van der Waals surface area (Å²) in [7, 11) is 0. The highest BCUT2D eigenvalue weighted by molar-refractivity contribution is 5.39. The molecule has 3 heteroatoms. The van der Waals surface area contributed by atoms with Gasteiger partial charge in [-0.3, -0.25) is 0 Å². The zero-order chi connectivity index (χ0) is 10.7. The number of benzene rings is 1. The summed E-state index contributed by atoms with van der Waals surface area (Å²) in [5, 5.41) is 12.4. The molecule has 1 aromatic carbocycles. The number of hydrogen-bond acceptors (Lipinski definition) is 3. The fraction of sp³-hybridized carbons (Fsp3) is 0.500. The van der Waals surface area contributed by atoms with Crippen molar-refractivity contribution in [1.29, 1.82) is 0 Å². The van der Waals surface area contributed by atoms with Gasteiger partial charge in [-0.05, 0) is 13.0 Å². The van der Waals surface area contributed by atoms with E-state index in [1.807, 2.05) is 18.2 Å². The van der Waals surface area contributed by atoms with E-state index >= 15 is 0 Å². The fourth-order valence-corrected chi connectivity index (χ4v) is 1.86. The van der Waals surface area contributed by atoms with Gasteiger partial charge in [-0.25, -0.2) is 0 Å². The molecule has 0 fully saturated rings. The molecule has 0 bridgehead atoms. The molecule has 0 saturated heterocycles. The lowest BCUT2D eigenvalue weighted by molar-refractivity contribution is 0.189. The maximum atomic E-state index is 9.13. The number of aliphatic hydroxyl groups is 1. The van der Waals surface area contributed by atoms with Crippen molar-refractivity contribution >= 4 is 0 Å². The third-order valence-corrected chi connectivity index (χ3v) is 2.63. The van der Waals surface area contributed by atoms with Crippen LogP contribution < -0.4 is 10.1 Å². The summed E-state index contributed by atoms with van der Waals surface area (Å²) >= 11 is 0. The topological polar surface area (TPSA) is 41.5 Å². The van der Waals surface area contributed by atoms with E-state index in [0.29, 0.717) is 12.5 Å². The minimum atomic E-state index is -0.289. The Kier molecular flexibility index (Phi) is 3.23. The normalized spacial score (nSPS) is 20.8. The largest absolute Gasteiger partial charge is 0.493 e. The van der Waals surface area contributed by atoms with Crippen molar-refractivity contribution < 1.29 is 9.84 Å². The number of nitrogens with one attached hydrogen (secondary N) is 1. The van der Waals surface area contributed by atoms with Crippen LogP contribution in [-0.4, -0.2) is 30.9 Å². The minimum absolute atomic E-state index is 0.289. The predicted octanol–water partition coefficient (Wildman–Crippen LogP) is 1.13. The summed E-state index contributed by atoms with van der Waals surface area (Å²) in [5.41, 5.74) is 1.27. The molecule has 1 heterocycles. The molecule has 0 aliphatic carbocycles. The average Bonchev–Trinajstić information content (AvgIpc) is 2.62. The van der Waals surface area contributed by atoms with Crippen LogP contribution in [0.15, 0.2) is 24.3 Å². The lowest BCUT2D eigenvalue weighted by Crippen LogP contribution is -2.29. The first-order valence-electron chi connectivity index (χ1n) is 5.38. The second-order valence-electron chi connectivity index (χ2n) is 4.05. The van der Waals surface area contributed by atoms with E-state index in [4.69, 9.17) is 9.84 Å². The number of rotatable bonds is 4. The monoisotopic (exact) mass is 207 g/mol. The van der Waals surface area contributed by atoms with Gasteiger partial charge in [0.25, 0.3) is 0 Å². The van der Waals surface area contributed by atoms with E-state index in [1.165, 1.54) is 5.56 Å². The Morgan fingerprint density at radius 2 is 2.33 bits per heavy atom. The molecule has 1 aromatic rings. The molecule has 0 aromatic heterocycles. The highest BCUT2D eigenvalue weighted by Gasteiger charge is 2.22. The van der Waals surface area contributed by atoms with E-state index in [9.17, 15) is 0 Å². The zero-order valence-corrected chi connectivity index (χ0v) is 8.94. The van der Waals surface area contributed by atoms with E-state index in [2.05, 4.69) is 11.4 Å². The third-order valence-electron chi connectivity index (χ3n) is 2.63. The van der Waals surface area contributed by atoms with Crippen LogP contribution in [0.4, 0.5) is 0 Å². The molecule has 82 valence electrons. The molecule has 2 atom stereocenters. The van der Waals surface area contributed by atoms with Gasteiger partial charge in [0.2, 0.25) is 0 Å². The summed E-state index contributed by atoms with van der Waals surface area (Å²) in [6.07, 6.45) is -0.289. The first-order chi connectivity index (χ1) is 7.27. The van der Waals surface area contributed by atoms with Crippen LogP contribution in [0.25, 0.3) is 0 Å². The predicted molar refractivity (Wildman–Crippen MR) is 59.2 cm³/mol. The lowest BCUT2D eigenvalue weighted by Gasteiger charge is -2.11. The number of ether oxygens (including phenoxy) is 1. The highest BCUT2D eigenvalue weighted by atomic mass is 16.5. The van der Waals surface area contributed by atoms with Crippen LogP contribution in [0.5, 0.6) is 5.75 Å². The Labute approximate surface area is 90.1 Å². The highest BCUT2D eigenvalue weighted by Crippen LogP contribution is 2.32. The smallest absolute Gasteiger partial charge is 0.122 e. The van der Waals surface area contributed by atoms with Gasteiger partial charge in [-0.15, -0.1) is 0 Å². The summed E-state index contributed by atoms with van der Waals surface area (Å²) in [6.45, 7) is 4.03. The third kappa shape index (κ3) is 2.49. The summed E-state index contributed by atoms with van der Waals surface area (Å²) in [4.78, 5) is 0. The Balaban J connectivity index is 1.90. The molecule has 2 rings (SSSR count). The Morgan fingerprint density at radius 1 is 1.53 bits per heavy atom. The molecule has 15 heavy (non-hydrogen) atoms. The second kappa shape index (κ2) is 4.64. The Morgan fingerprint density at radius 3 is 3.13 bits per heavy atom. The average molecular weight is 207 g/mol. The SMILES string of the molecule is CC(O)CNCC1COc2ccccc21. The van der Waals surface area contributed by atoms with Gasteiger partial charge in [-0.2, -0.15) is 0 Å². The minimum Gasteiger partial charge on any atom is -0.493 e. The maximum absolute atomic E-state index is 9.13. The molecule has 0 amide bonds. The number of aliphatic hydroxyl groups excluding tert-OH is 1. The number of fused-ring (bicyclic) bond motifs is 1. The molecule has 3 nitrogen and oxygen atoms in total. The molecule has 1 aliphatic heterocycles. The quantitative estimate of drug-likeness (QED) is 0.777. The van der Waals surface area contributed by atoms with Gasteiger partial charge in [0.15, 0.2) is 0 Å².